The van der Waals surface area contributed by atoms with Crippen LogP contribution in [0, 0.1) is 0 Å². The van der Waals surface area contributed by atoms with Crippen LogP contribution in [-0.2, 0) is 10.2 Å². The zero-order valence-electron chi connectivity index (χ0n) is 19.1. The van der Waals surface area contributed by atoms with E-state index < -0.39 is 5.97 Å². The van der Waals surface area contributed by atoms with Gasteiger partial charge in [0.25, 0.3) is 5.91 Å². The van der Waals surface area contributed by atoms with Crippen LogP contribution in [0.4, 0.5) is 5.69 Å². The molecule has 3 rings (SSSR count). The second kappa shape index (κ2) is 10.1. The second-order valence-corrected chi connectivity index (χ2v) is 9.42. The van der Waals surface area contributed by atoms with Crippen molar-refractivity contribution in [1.29, 1.82) is 0 Å². The van der Waals surface area contributed by atoms with Crippen LogP contribution in [0.1, 0.15) is 59.9 Å². The predicted octanol–water partition coefficient (Wildman–Crippen LogP) is 4.36. The lowest BCUT2D eigenvalue weighted by Crippen LogP contribution is -2.47. The Labute approximate surface area is 195 Å². The largest absolute Gasteiger partial charge is 0.465 e. The lowest BCUT2D eigenvalue weighted by molar-refractivity contribution is 0.0601. The molecule has 0 spiro atoms. The van der Waals surface area contributed by atoms with Gasteiger partial charge in [-0.05, 0) is 60.3 Å². The fourth-order valence-electron chi connectivity index (χ4n) is 3.69. The molecule has 1 amide bonds. The van der Waals surface area contributed by atoms with E-state index >= 15 is 0 Å². The van der Waals surface area contributed by atoms with Crippen LogP contribution in [0.5, 0.6) is 0 Å². The number of carbonyl (C=O) groups is 2. The van der Waals surface area contributed by atoms with Crippen molar-refractivity contribution in [2.45, 2.75) is 45.1 Å². The molecule has 0 aromatic heterocycles. The summed E-state index contributed by atoms with van der Waals surface area (Å²) in [5, 5.41) is 6.87. The van der Waals surface area contributed by atoms with Crippen LogP contribution < -0.4 is 10.6 Å². The Hall–Kier alpha value is -2.93. The molecule has 0 atom stereocenters. The first-order chi connectivity index (χ1) is 15.2. The summed E-state index contributed by atoms with van der Waals surface area (Å²) in [4.78, 5) is 26.7. The molecule has 1 fully saturated rings. The van der Waals surface area contributed by atoms with E-state index in [-0.39, 0.29) is 17.4 Å². The Bertz CT molecular complexity index is 975. The summed E-state index contributed by atoms with van der Waals surface area (Å²) in [6.07, 6.45) is 1.60. The third kappa shape index (κ3) is 5.85. The smallest absolute Gasteiger partial charge is 0.339 e. The number of esters is 1. The summed E-state index contributed by atoms with van der Waals surface area (Å²) in [6.45, 7) is 7.91. The maximum absolute atomic E-state index is 12.7. The molecule has 1 aliphatic heterocycles. The van der Waals surface area contributed by atoms with Gasteiger partial charge >= 0.3 is 5.97 Å². The Morgan fingerprint density at radius 3 is 2.25 bits per heavy atom. The number of nitrogens with zero attached hydrogens (tertiary/aromatic N) is 1. The number of ether oxygens (including phenoxy) is 1. The van der Waals surface area contributed by atoms with Gasteiger partial charge in [0.15, 0.2) is 5.11 Å². The zero-order chi connectivity index (χ0) is 23.3. The lowest BCUT2D eigenvalue weighted by atomic mass is 9.86. The summed E-state index contributed by atoms with van der Waals surface area (Å²) >= 11 is 5.56. The van der Waals surface area contributed by atoms with E-state index in [1.807, 2.05) is 30.3 Å². The zero-order valence-corrected chi connectivity index (χ0v) is 19.9. The Morgan fingerprint density at radius 2 is 1.66 bits per heavy atom. The first kappa shape index (κ1) is 23.7. The fourth-order valence-corrected chi connectivity index (χ4v) is 3.98. The Balaban J connectivity index is 1.52. The van der Waals surface area contributed by atoms with Crippen molar-refractivity contribution in [3.05, 3.63) is 65.2 Å². The number of carbonyl (C=O) groups excluding carboxylic acids is 2. The first-order valence-electron chi connectivity index (χ1n) is 10.8. The molecule has 0 unspecified atom stereocenters. The van der Waals surface area contributed by atoms with Gasteiger partial charge in [-0.15, -0.1) is 0 Å². The minimum Gasteiger partial charge on any atom is -0.465 e. The van der Waals surface area contributed by atoms with Crippen LogP contribution in [0.2, 0.25) is 0 Å². The van der Waals surface area contributed by atoms with Crippen LogP contribution in [0.25, 0.3) is 0 Å². The van der Waals surface area contributed by atoms with Crippen molar-refractivity contribution in [3.8, 4) is 0 Å². The van der Waals surface area contributed by atoms with E-state index in [4.69, 9.17) is 17.0 Å². The first-order valence-corrected chi connectivity index (χ1v) is 11.2. The van der Waals surface area contributed by atoms with Crippen molar-refractivity contribution < 1.29 is 14.3 Å². The average molecular weight is 454 g/mol. The van der Waals surface area contributed by atoms with Gasteiger partial charge in [-0.1, -0.05) is 45.0 Å². The van der Waals surface area contributed by atoms with Gasteiger partial charge in [0, 0.05) is 24.7 Å². The van der Waals surface area contributed by atoms with Crippen molar-refractivity contribution in [1.82, 2.24) is 10.2 Å². The third-order valence-corrected chi connectivity index (χ3v) is 6.06. The number of para-hydroxylation sites is 1. The van der Waals surface area contributed by atoms with E-state index in [1.165, 1.54) is 12.7 Å². The number of piperidine rings is 1. The maximum Gasteiger partial charge on any atom is 0.339 e. The van der Waals surface area contributed by atoms with Crippen molar-refractivity contribution in [2.75, 3.05) is 25.5 Å². The van der Waals surface area contributed by atoms with Crippen LogP contribution in [0.3, 0.4) is 0 Å². The minimum atomic E-state index is -0.409. The van der Waals surface area contributed by atoms with E-state index in [2.05, 4.69) is 36.3 Å². The molecule has 6 nitrogen and oxygen atoms in total. The molecule has 1 heterocycles. The molecule has 2 aromatic carbocycles. The highest BCUT2D eigenvalue weighted by Gasteiger charge is 2.24. The molecule has 0 radical (unpaired) electrons. The van der Waals surface area contributed by atoms with Crippen molar-refractivity contribution in [2.24, 2.45) is 0 Å². The normalized spacial score (nSPS) is 14.6. The summed E-state index contributed by atoms with van der Waals surface area (Å²) in [6, 6.07) is 15.1. The molecular formula is C25H31N3O3S. The SMILES string of the molecule is COC(=O)c1ccccc1NC(=S)N1CCC(NC(=O)c2ccc(C(C)(C)C)cc2)CC1. The molecule has 0 aliphatic carbocycles. The highest BCUT2D eigenvalue weighted by molar-refractivity contribution is 7.80. The molecular weight excluding hydrogens is 422 g/mol. The Morgan fingerprint density at radius 1 is 1.03 bits per heavy atom. The maximum atomic E-state index is 12.7. The minimum absolute atomic E-state index is 0.0448. The summed E-state index contributed by atoms with van der Waals surface area (Å²) < 4.78 is 4.84. The second-order valence-electron chi connectivity index (χ2n) is 9.03. The van der Waals surface area contributed by atoms with E-state index in [0.717, 1.165) is 25.9 Å². The number of anilines is 1. The summed E-state index contributed by atoms with van der Waals surface area (Å²) in [5.41, 5.74) is 3.01. The number of nitrogens with one attached hydrogen (secondary N) is 2. The van der Waals surface area contributed by atoms with Crippen molar-refractivity contribution >= 4 is 34.9 Å². The molecule has 1 saturated heterocycles. The van der Waals surface area contributed by atoms with Gasteiger partial charge < -0.3 is 20.3 Å². The number of amides is 1. The monoisotopic (exact) mass is 453 g/mol. The number of methoxy groups -OCH3 is 1. The molecule has 0 bridgehead atoms. The number of hydrogen-bond donors (Lipinski definition) is 2. The van der Waals surface area contributed by atoms with Gasteiger partial charge in [-0.3, -0.25) is 4.79 Å². The van der Waals surface area contributed by atoms with Crippen LogP contribution >= 0.6 is 12.2 Å². The highest BCUT2D eigenvalue weighted by atomic mass is 32.1. The van der Waals surface area contributed by atoms with Gasteiger partial charge in [-0.25, -0.2) is 4.79 Å². The quantitative estimate of drug-likeness (QED) is 0.529. The number of hydrogen-bond acceptors (Lipinski definition) is 4. The van der Waals surface area contributed by atoms with Gasteiger partial charge in [-0.2, -0.15) is 0 Å². The topological polar surface area (TPSA) is 70.7 Å². The number of benzene rings is 2. The Kier molecular flexibility index (Phi) is 7.51. The lowest BCUT2D eigenvalue weighted by Gasteiger charge is -2.34. The van der Waals surface area contributed by atoms with Gasteiger partial charge in [0.05, 0.1) is 18.4 Å². The number of rotatable bonds is 4. The van der Waals surface area contributed by atoms with E-state index in [0.29, 0.717) is 21.9 Å². The summed E-state index contributed by atoms with van der Waals surface area (Å²) in [5.74, 6) is -0.454. The molecule has 32 heavy (non-hydrogen) atoms. The van der Waals surface area contributed by atoms with E-state index in [1.54, 1.807) is 18.2 Å². The number of thiocarbonyl (C=S) groups is 1. The number of likely N-dealkylation sites (tertiary alicyclic amines) is 1. The average Bonchev–Trinajstić information content (AvgIpc) is 2.79. The van der Waals surface area contributed by atoms with Gasteiger partial charge in [0.1, 0.15) is 0 Å². The molecule has 7 heteroatoms. The highest BCUT2D eigenvalue weighted by Crippen LogP contribution is 2.22. The van der Waals surface area contributed by atoms with Gasteiger partial charge in [0.2, 0.25) is 0 Å². The van der Waals surface area contributed by atoms with Crippen LogP contribution in [0.15, 0.2) is 48.5 Å². The molecule has 1 aliphatic rings. The molecule has 2 aromatic rings. The molecule has 0 saturated carbocycles. The fraction of sp³-hybridized carbons (Fsp3) is 0.400. The van der Waals surface area contributed by atoms with Crippen molar-refractivity contribution in [3.63, 3.8) is 0 Å². The summed E-state index contributed by atoms with van der Waals surface area (Å²) in [7, 11) is 1.36. The van der Waals surface area contributed by atoms with Crippen LogP contribution in [-0.4, -0.2) is 48.1 Å². The molecule has 170 valence electrons. The third-order valence-electron chi connectivity index (χ3n) is 5.70. The predicted molar refractivity (Wildman–Crippen MR) is 131 cm³/mol. The molecule has 2 N–H and O–H groups in total. The van der Waals surface area contributed by atoms with E-state index in [9.17, 15) is 9.59 Å². The standard InChI is InChI=1S/C25H31N3O3S/c1-25(2,3)18-11-9-17(10-12-18)22(29)26-19-13-15-28(16-14-19)24(32)27-21-8-6-5-7-20(21)23(30)31-4/h5-12,19H,13-16H2,1-4H3,(H,26,29)(H,27,32).